The van der Waals surface area contributed by atoms with E-state index in [0.29, 0.717) is 0 Å². The molecule has 0 amide bonds. The number of rotatable bonds is 0. The average molecular weight is 174 g/mol. The standard InChI is InChI=1S/C12H11F/c1-7-8(2)11-5-4-10(13)6-12(11)9(7)3/h4-6,9H,1-2H2,3H3. The van der Waals surface area contributed by atoms with Gasteiger partial charge >= 0.3 is 0 Å². The third-order valence-electron chi connectivity index (χ3n) is 2.72. The molecule has 0 aromatic heterocycles. The summed E-state index contributed by atoms with van der Waals surface area (Å²) in [7, 11) is 0. The Morgan fingerprint density at radius 2 is 2.00 bits per heavy atom. The zero-order chi connectivity index (χ0) is 9.59. The van der Waals surface area contributed by atoms with Gasteiger partial charge < -0.3 is 0 Å². The second kappa shape index (κ2) is 2.56. The van der Waals surface area contributed by atoms with E-state index >= 15 is 0 Å². The maximum absolute atomic E-state index is 12.9. The van der Waals surface area contributed by atoms with Crippen LogP contribution in [-0.2, 0) is 0 Å². The molecule has 1 aromatic rings. The van der Waals surface area contributed by atoms with E-state index in [1.165, 1.54) is 6.07 Å². The SMILES string of the molecule is C=C1C(=C)C(C)c2cc(F)ccc21. The van der Waals surface area contributed by atoms with Crippen LogP contribution in [0.3, 0.4) is 0 Å². The van der Waals surface area contributed by atoms with Crippen LogP contribution in [0.2, 0.25) is 0 Å². The Morgan fingerprint density at radius 1 is 1.31 bits per heavy atom. The fraction of sp³-hybridized carbons (Fsp3) is 0.167. The summed E-state index contributed by atoms with van der Waals surface area (Å²) >= 11 is 0. The highest BCUT2D eigenvalue weighted by Gasteiger charge is 2.25. The number of hydrogen-bond donors (Lipinski definition) is 0. The van der Waals surface area contributed by atoms with Crippen LogP contribution in [0.4, 0.5) is 4.39 Å². The van der Waals surface area contributed by atoms with Gasteiger partial charge in [0.2, 0.25) is 0 Å². The van der Waals surface area contributed by atoms with Gasteiger partial charge in [-0.3, -0.25) is 0 Å². The zero-order valence-corrected chi connectivity index (χ0v) is 7.60. The molecule has 0 saturated carbocycles. The van der Waals surface area contributed by atoms with Gasteiger partial charge in [0, 0.05) is 5.92 Å². The Balaban J connectivity index is 2.67. The van der Waals surface area contributed by atoms with Gasteiger partial charge in [-0.15, -0.1) is 0 Å². The first-order chi connectivity index (χ1) is 6.11. The third kappa shape index (κ3) is 1.04. The van der Waals surface area contributed by atoms with Crippen molar-refractivity contribution >= 4 is 5.57 Å². The molecular formula is C12H11F. The van der Waals surface area contributed by atoms with Crippen molar-refractivity contribution in [3.63, 3.8) is 0 Å². The maximum atomic E-state index is 12.9. The van der Waals surface area contributed by atoms with Gasteiger partial charge in [0.1, 0.15) is 5.82 Å². The molecule has 0 fully saturated rings. The lowest BCUT2D eigenvalue weighted by molar-refractivity contribution is 0.625. The molecule has 0 heterocycles. The number of allylic oxidation sites excluding steroid dienone is 2. The summed E-state index contributed by atoms with van der Waals surface area (Å²) in [5.74, 6) is 0.0197. The van der Waals surface area contributed by atoms with Crippen LogP contribution in [0.15, 0.2) is 36.9 Å². The maximum Gasteiger partial charge on any atom is 0.123 e. The number of halogens is 1. The first-order valence-corrected chi connectivity index (χ1v) is 4.29. The van der Waals surface area contributed by atoms with E-state index in [2.05, 4.69) is 13.2 Å². The average Bonchev–Trinajstić information content (AvgIpc) is 2.32. The molecule has 0 N–H and O–H groups in total. The van der Waals surface area contributed by atoms with E-state index in [4.69, 9.17) is 0 Å². The molecule has 1 aliphatic carbocycles. The largest absolute Gasteiger partial charge is 0.207 e. The molecule has 13 heavy (non-hydrogen) atoms. The molecule has 2 rings (SSSR count). The van der Waals surface area contributed by atoms with Crippen molar-refractivity contribution in [1.29, 1.82) is 0 Å². The van der Waals surface area contributed by atoms with E-state index < -0.39 is 0 Å². The summed E-state index contributed by atoms with van der Waals surface area (Å²) in [5, 5.41) is 0. The first-order valence-electron chi connectivity index (χ1n) is 4.29. The molecule has 0 aliphatic heterocycles. The van der Waals surface area contributed by atoms with Gasteiger partial charge in [-0.1, -0.05) is 26.1 Å². The molecule has 66 valence electrons. The van der Waals surface area contributed by atoms with E-state index in [-0.39, 0.29) is 11.7 Å². The molecule has 0 bridgehead atoms. The van der Waals surface area contributed by atoms with Crippen LogP contribution in [-0.4, -0.2) is 0 Å². The van der Waals surface area contributed by atoms with Crippen LogP contribution in [0.5, 0.6) is 0 Å². The Labute approximate surface area is 77.4 Å². The van der Waals surface area contributed by atoms with E-state index in [9.17, 15) is 4.39 Å². The number of fused-ring (bicyclic) bond motifs is 1. The van der Waals surface area contributed by atoms with E-state index in [1.807, 2.05) is 6.92 Å². The lowest BCUT2D eigenvalue weighted by atomic mass is 10.0. The summed E-state index contributed by atoms with van der Waals surface area (Å²) in [4.78, 5) is 0. The summed E-state index contributed by atoms with van der Waals surface area (Å²) < 4.78 is 12.9. The van der Waals surface area contributed by atoms with Gasteiger partial charge in [0.25, 0.3) is 0 Å². The lowest BCUT2D eigenvalue weighted by Crippen LogP contribution is -1.88. The van der Waals surface area contributed by atoms with E-state index in [0.717, 1.165) is 22.3 Å². The topological polar surface area (TPSA) is 0 Å². The molecular weight excluding hydrogens is 163 g/mol. The number of hydrogen-bond acceptors (Lipinski definition) is 0. The summed E-state index contributed by atoms with van der Waals surface area (Å²) in [6.45, 7) is 9.90. The third-order valence-corrected chi connectivity index (χ3v) is 2.72. The highest BCUT2D eigenvalue weighted by atomic mass is 19.1. The van der Waals surface area contributed by atoms with Crippen molar-refractivity contribution < 1.29 is 4.39 Å². The Kier molecular flexibility index (Phi) is 1.62. The molecule has 0 nitrogen and oxygen atoms in total. The predicted octanol–water partition coefficient (Wildman–Crippen LogP) is 3.51. The van der Waals surface area contributed by atoms with Crippen molar-refractivity contribution in [3.05, 3.63) is 53.9 Å². The predicted molar refractivity (Wildman–Crippen MR) is 53.0 cm³/mol. The first kappa shape index (κ1) is 8.24. The molecule has 1 unspecified atom stereocenters. The van der Waals surface area contributed by atoms with Gasteiger partial charge in [-0.05, 0) is 34.4 Å². The Bertz CT molecular complexity index is 402. The molecule has 1 atom stereocenters. The fourth-order valence-corrected chi connectivity index (χ4v) is 1.79. The minimum Gasteiger partial charge on any atom is -0.207 e. The summed E-state index contributed by atoms with van der Waals surface area (Å²) in [6, 6.07) is 4.82. The van der Waals surface area contributed by atoms with Gasteiger partial charge in [0.05, 0.1) is 0 Å². The fourth-order valence-electron chi connectivity index (χ4n) is 1.79. The summed E-state index contributed by atoms with van der Waals surface area (Å²) in [5.41, 5.74) is 4.00. The van der Waals surface area contributed by atoms with Gasteiger partial charge in [-0.2, -0.15) is 0 Å². The van der Waals surface area contributed by atoms with Gasteiger partial charge in [-0.25, -0.2) is 4.39 Å². The molecule has 1 aliphatic rings. The second-order valence-corrected chi connectivity index (χ2v) is 3.46. The quantitative estimate of drug-likeness (QED) is 0.564. The zero-order valence-electron chi connectivity index (χ0n) is 7.60. The smallest absolute Gasteiger partial charge is 0.123 e. The van der Waals surface area contributed by atoms with Crippen molar-refractivity contribution in [2.75, 3.05) is 0 Å². The minimum absolute atomic E-state index is 0.187. The lowest BCUT2D eigenvalue weighted by Gasteiger charge is -2.03. The second-order valence-electron chi connectivity index (χ2n) is 3.46. The molecule has 0 radical (unpaired) electrons. The van der Waals surface area contributed by atoms with Crippen LogP contribution in [0.1, 0.15) is 24.0 Å². The highest BCUT2D eigenvalue weighted by molar-refractivity contribution is 5.85. The van der Waals surface area contributed by atoms with Crippen molar-refractivity contribution in [2.24, 2.45) is 0 Å². The Hall–Kier alpha value is -1.37. The van der Waals surface area contributed by atoms with Crippen molar-refractivity contribution in [1.82, 2.24) is 0 Å². The van der Waals surface area contributed by atoms with Crippen LogP contribution >= 0.6 is 0 Å². The monoisotopic (exact) mass is 174 g/mol. The normalized spacial score (nSPS) is 20.6. The number of benzene rings is 1. The van der Waals surface area contributed by atoms with Crippen LogP contribution in [0.25, 0.3) is 5.57 Å². The Morgan fingerprint density at radius 3 is 2.69 bits per heavy atom. The molecule has 1 aromatic carbocycles. The molecule has 0 saturated heterocycles. The highest BCUT2D eigenvalue weighted by Crippen LogP contribution is 2.43. The summed E-state index contributed by atoms with van der Waals surface area (Å²) in [6.07, 6.45) is 0. The van der Waals surface area contributed by atoms with Crippen molar-refractivity contribution in [3.8, 4) is 0 Å². The van der Waals surface area contributed by atoms with Crippen LogP contribution in [0, 0.1) is 5.82 Å². The minimum atomic E-state index is -0.187. The van der Waals surface area contributed by atoms with Crippen LogP contribution < -0.4 is 0 Å². The molecule has 1 heteroatoms. The molecule has 0 spiro atoms. The van der Waals surface area contributed by atoms with E-state index in [1.54, 1.807) is 12.1 Å². The van der Waals surface area contributed by atoms with Gasteiger partial charge in [0.15, 0.2) is 0 Å². The van der Waals surface area contributed by atoms with Crippen molar-refractivity contribution in [2.45, 2.75) is 12.8 Å².